The highest BCUT2D eigenvalue weighted by molar-refractivity contribution is 5.96. The Balaban J connectivity index is 2.69. The Labute approximate surface area is 131 Å². The molecule has 0 N–H and O–H groups in total. The number of methoxy groups -OCH3 is 1. The van der Waals surface area contributed by atoms with Crippen LogP contribution >= 0.6 is 0 Å². The van der Waals surface area contributed by atoms with E-state index in [2.05, 4.69) is 14.5 Å². The smallest absolute Gasteiger partial charge is 0.422 e. The van der Waals surface area contributed by atoms with Crippen LogP contribution in [0.5, 0.6) is 5.88 Å². The quantitative estimate of drug-likeness (QED) is 0.714. The van der Waals surface area contributed by atoms with E-state index < -0.39 is 24.7 Å². The molecule has 0 unspecified atom stereocenters. The van der Waals surface area contributed by atoms with E-state index in [1.54, 1.807) is 0 Å². The number of aromatic nitrogens is 1. The summed E-state index contributed by atoms with van der Waals surface area (Å²) in [4.78, 5) is 28.2. The van der Waals surface area contributed by atoms with Crippen molar-refractivity contribution < 1.29 is 32.2 Å². The van der Waals surface area contributed by atoms with Gasteiger partial charge in [-0.2, -0.15) is 13.2 Å². The highest BCUT2D eigenvalue weighted by Gasteiger charge is 2.30. The number of pyridine rings is 1. The largest absolute Gasteiger partial charge is 0.469 e. The number of rotatable bonds is 7. The summed E-state index contributed by atoms with van der Waals surface area (Å²) in [6.45, 7) is -1.29. The summed E-state index contributed by atoms with van der Waals surface area (Å²) in [6, 6.07) is 2.76. The summed E-state index contributed by atoms with van der Waals surface area (Å²) in [5.41, 5.74) is -0.0719. The van der Waals surface area contributed by atoms with E-state index >= 15 is 0 Å². The van der Waals surface area contributed by atoms with Crippen molar-refractivity contribution in [2.75, 3.05) is 27.3 Å². The monoisotopic (exact) mass is 334 g/mol. The standard InChI is InChI=1S/C14H17F3N2O4/c1-19(8-4-6-11(20)22-2)13(21)10-5-3-7-18-12(10)23-9-14(15,16)17/h3,5,7H,4,6,8-9H2,1-2H3. The van der Waals surface area contributed by atoms with Crippen LogP contribution in [0.25, 0.3) is 0 Å². The zero-order chi connectivity index (χ0) is 17.5. The molecule has 0 aromatic carbocycles. The van der Waals surface area contributed by atoms with Crippen molar-refractivity contribution in [3.05, 3.63) is 23.9 Å². The molecule has 128 valence electrons. The van der Waals surface area contributed by atoms with Gasteiger partial charge in [-0.05, 0) is 18.6 Å². The maximum absolute atomic E-state index is 12.2. The predicted octanol–water partition coefficient (Wildman–Crippen LogP) is 2.05. The van der Waals surface area contributed by atoms with Gasteiger partial charge in [-0.15, -0.1) is 0 Å². The molecule has 6 nitrogen and oxygen atoms in total. The van der Waals surface area contributed by atoms with E-state index in [1.165, 1.54) is 37.4 Å². The van der Waals surface area contributed by atoms with E-state index in [0.717, 1.165) is 0 Å². The van der Waals surface area contributed by atoms with Crippen LogP contribution in [-0.4, -0.2) is 55.2 Å². The molecule has 0 radical (unpaired) electrons. The molecule has 0 aliphatic heterocycles. The first kappa shape index (κ1) is 18.7. The lowest BCUT2D eigenvalue weighted by atomic mass is 10.2. The van der Waals surface area contributed by atoms with Gasteiger partial charge < -0.3 is 14.4 Å². The Kier molecular flexibility index (Phi) is 6.80. The van der Waals surface area contributed by atoms with Crippen LogP contribution in [0.15, 0.2) is 18.3 Å². The molecule has 0 spiro atoms. The van der Waals surface area contributed by atoms with Gasteiger partial charge >= 0.3 is 12.1 Å². The average Bonchev–Trinajstić information content (AvgIpc) is 2.51. The molecule has 9 heteroatoms. The number of carbonyl (C=O) groups is 2. The molecule has 0 saturated heterocycles. The molecule has 0 saturated carbocycles. The molecule has 1 aromatic heterocycles. The average molecular weight is 334 g/mol. The fraction of sp³-hybridized carbons (Fsp3) is 0.500. The molecular formula is C14H17F3N2O4. The number of esters is 1. The topological polar surface area (TPSA) is 68.7 Å². The molecule has 1 amide bonds. The van der Waals surface area contributed by atoms with Crippen molar-refractivity contribution in [1.29, 1.82) is 0 Å². The Morgan fingerprint density at radius 3 is 2.65 bits per heavy atom. The van der Waals surface area contributed by atoms with Crippen LogP contribution in [0.3, 0.4) is 0 Å². The summed E-state index contributed by atoms with van der Waals surface area (Å²) in [7, 11) is 2.73. The number of hydrogen-bond acceptors (Lipinski definition) is 5. The van der Waals surface area contributed by atoms with Gasteiger partial charge in [0.15, 0.2) is 6.61 Å². The third-order valence-corrected chi connectivity index (χ3v) is 2.82. The van der Waals surface area contributed by atoms with Gasteiger partial charge in [0.05, 0.1) is 7.11 Å². The number of halogens is 3. The Morgan fingerprint density at radius 1 is 1.35 bits per heavy atom. The fourth-order valence-corrected chi connectivity index (χ4v) is 1.69. The number of alkyl halides is 3. The highest BCUT2D eigenvalue weighted by Crippen LogP contribution is 2.21. The van der Waals surface area contributed by atoms with E-state index in [9.17, 15) is 22.8 Å². The summed E-state index contributed by atoms with van der Waals surface area (Å²) >= 11 is 0. The molecule has 0 bridgehead atoms. The van der Waals surface area contributed by atoms with Crippen molar-refractivity contribution in [1.82, 2.24) is 9.88 Å². The van der Waals surface area contributed by atoms with Crippen molar-refractivity contribution >= 4 is 11.9 Å². The van der Waals surface area contributed by atoms with Gasteiger partial charge in [0.25, 0.3) is 5.91 Å². The van der Waals surface area contributed by atoms with Crippen LogP contribution in [0.1, 0.15) is 23.2 Å². The Morgan fingerprint density at radius 2 is 2.04 bits per heavy atom. The van der Waals surface area contributed by atoms with Crippen LogP contribution in [-0.2, 0) is 9.53 Å². The Hall–Kier alpha value is -2.32. The summed E-state index contributed by atoms with van der Waals surface area (Å²) < 4.78 is 45.7. The molecule has 1 heterocycles. The lowest BCUT2D eigenvalue weighted by Crippen LogP contribution is -2.29. The van der Waals surface area contributed by atoms with E-state index in [-0.39, 0.29) is 24.4 Å². The van der Waals surface area contributed by atoms with Crippen molar-refractivity contribution in [3.8, 4) is 5.88 Å². The molecule has 1 rings (SSSR count). The zero-order valence-corrected chi connectivity index (χ0v) is 12.7. The van der Waals surface area contributed by atoms with Crippen LogP contribution < -0.4 is 4.74 Å². The number of nitrogens with zero attached hydrogens (tertiary/aromatic N) is 2. The molecular weight excluding hydrogens is 317 g/mol. The second-order valence-corrected chi connectivity index (χ2v) is 4.67. The van der Waals surface area contributed by atoms with Gasteiger partial charge in [0.1, 0.15) is 5.56 Å². The number of ether oxygens (including phenoxy) is 2. The maximum Gasteiger partial charge on any atom is 0.422 e. The molecule has 23 heavy (non-hydrogen) atoms. The van der Waals surface area contributed by atoms with Crippen molar-refractivity contribution in [3.63, 3.8) is 0 Å². The number of carbonyl (C=O) groups excluding carboxylic acids is 2. The van der Waals surface area contributed by atoms with E-state index in [1.807, 2.05) is 0 Å². The lowest BCUT2D eigenvalue weighted by Gasteiger charge is -2.18. The van der Waals surface area contributed by atoms with Crippen molar-refractivity contribution in [2.45, 2.75) is 19.0 Å². The van der Waals surface area contributed by atoms with Gasteiger partial charge in [-0.1, -0.05) is 0 Å². The maximum atomic E-state index is 12.2. The minimum Gasteiger partial charge on any atom is -0.469 e. The summed E-state index contributed by atoms with van der Waals surface area (Å²) in [6.07, 6.45) is -2.78. The second-order valence-electron chi connectivity index (χ2n) is 4.67. The first-order valence-corrected chi connectivity index (χ1v) is 6.71. The first-order chi connectivity index (χ1) is 10.7. The predicted molar refractivity (Wildman–Crippen MR) is 74.0 cm³/mol. The summed E-state index contributed by atoms with van der Waals surface area (Å²) in [5, 5.41) is 0. The molecule has 0 aliphatic rings. The lowest BCUT2D eigenvalue weighted by molar-refractivity contribution is -0.154. The third-order valence-electron chi connectivity index (χ3n) is 2.82. The van der Waals surface area contributed by atoms with Crippen LogP contribution in [0.4, 0.5) is 13.2 Å². The van der Waals surface area contributed by atoms with E-state index in [0.29, 0.717) is 6.42 Å². The number of amides is 1. The van der Waals surface area contributed by atoms with Crippen molar-refractivity contribution in [2.24, 2.45) is 0 Å². The molecule has 0 atom stereocenters. The molecule has 0 aliphatic carbocycles. The second kappa shape index (κ2) is 8.35. The molecule has 0 fully saturated rings. The van der Waals surface area contributed by atoms with Gasteiger partial charge in [-0.25, -0.2) is 4.98 Å². The normalized spacial score (nSPS) is 11.0. The zero-order valence-electron chi connectivity index (χ0n) is 12.7. The Bertz CT molecular complexity index is 549. The fourth-order valence-electron chi connectivity index (χ4n) is 1.69. The highest BCUT2D eigenvalue weighted by atomic mass is 19.4. The minimum atomic E-state index is -4.52. The summed E-state index contributed by atoms with van der Waals surface area (Å²) in [5.74, 6) is -1.32. The SMILES string of the molecule is COC(=O)CCCN(C)C(=O)c1cccnc1OCC(F)(F)F. The number of hydrogen-bond donors (Lipinski definition) is 0. The molecule has 1 aromatic rings. The first-order valence-electron chi connectivity index (χ1n) is 6.71. The van der Waals surface area contributed by atoms with Gasteiger partial charge in [-0.3, -0.25) is 9.59 Å². The third kappa shape index (κ3) is 6.54. The van der Waals surface area contributed by atoms with Gasteiger partial charge in [0, 0.05) is 26.2 Å². The van der Waals surface area contributed by atoms with Gasteiger partial charge in [0.2, 0.25) is 5.88 Å². The van der Waals surface area contributed by atoms with Crippen LogP contribution in [0, 0.1) is 0 Å². The van der Waals surface area contributed by atoms with E-state index in [4.69, 9.17) is 0 Å². The minimum absolute atomic E-state index is 0.0719. The van der Waals surface area contributed by atoms with Crippen LogP contribution in [0.2, 0.25) is 0 Å².